The average Bonchev–Trinajstić information content (AvgIpc) is 2.26. The largest absolute Gasteiger partial charge is 0.456 e. The van der Waals surface area contributed by atoms with Gasteiger partial charge in [0, 0.05) is 19.5 Å². The van der Waals surface area contributed by atoms with Gasteiger partial charge >= 0.3 is 5.97 Å². The van der Waals surface area contributed by atoms with Crippen LogP contribution < -0.4 is 5.32 Å². The van der Waals surface area contributed by atoms with Crippen LogP contribution in [0.4, 0.5) is 0 Å². The first-order valence-electron chi connectivity index (χ1n) is 6.39. The van der Waals surface area contributed by atoms with E-state index in [0.717, 1.165) is 19.5 Å². The Labute approximate surface area is 109 Å². The van der Waals surface area contributed by atoms with Crippen molar-refractivity contribution in [1.29, 1.82) is 0 Å². The first-order chi connectivity index (χ1) is 8.41. The van der Waals surface area contributed by atoms with Gasteiger partial charge in [0.25, 0.3) is 0 Å². The highest BCUT2D eigenvalue weighted by atomic mass is 16.6. The Morgan fingerprint density at radius 3 is 2.33 bits per heavy atom. The van der Waals surface area contributed by atoms with Crippen molar-refractivity contribution >= 4 is 5.97 Å². The van der Waals surface area contributed by atoms with Crippen LogP contribution in [0.5, 0.6) is 0 Å². The second kappa shape index (κ2) is 4.73. The molecule has 1 aliphatic rings. The SMILES string of the molecule is CC(C)(C)C(=O)OC1(Cc2ccccc2)CNC1. The summed E-state index contributed by atoms with van der Waals surface area (Å²) in [4.78, 5) is 12.0. The first-order valence-corrected chi connectivity index (χ1v) is 6.39. The maximum absolute atomic E-state index is 12.0. The number of esters is 1. The van der Waals surface area contributed by atoms with Gasteiger partial charge in [-0.25, -0.2) is 0 Å². The Balaban J connectivity index is 2.05. The minimum atomic E-state index is -0.445. The summed E-state index contributed by atoms with van der Waals surface area (Å²) in [5, 5.41) is 3.20. The van der Waals surface area contributed by atoms with Crippen molar-refractivity contribution in [3.8, 4) is 0 Å². The zero-order valence-electron chi connectivity index (χ0n) is 11.3. The number of hydrogen-bond acceptors (Lipinski definition) is 3. The molecular formula is C15H21NO2. The van der Waals surface area contributed by atoms with Gasteiger partial charge in [-0.3, -0.25) is 4.79 Å². The van der Waals surface area contributed by atoms with E-state index in [0.29, 0.717) is 0 Å². The fourth-order valence-corrected chi connectivity index (χ4v) is 1.95. The molecule has 98 valence electrons. The average molecular weight is 247 g/mol. The number of nitrogens with one attached hydrogen (secondary N) is 1. The third kappa shape index (κ3) is 2.91. The Bertz CT molecular complexity index is 416. The Hall–Kier alpha value is -1.35. The summed E-state index contributed by atoms with van der Waals surface area (Å²) in [5.74, 6) is -0.125. The number of rotatable bonds is 3. The topological polar surface area (TPSA) is 38.3 Å². The van der Waals surface area contributed by atoms with E-state index in [2.05, 4.69) is 17.4 Å². The van der Waals surface area contributed by atoms with E-state index in [4.69, 9.17) is 4.74 Å². The van der Waals surface area contributed by atoms with Crippen LogP contribution in [0.3, 0.4) is 0 Å². The lowest BCUT2D eigenvalue weighted by Crippen LogP contribution is -2.63. The van der Waals surface area contributed by atoms with Crippen molar-refractivity contribution in [2.24, 2.45) is 5.41 Å². The summed E-state index contributed by atoms with van der Waals surface area (Å²) >= 11 is 0. The maximum atomic E-state index is 12.0. The summed E-state index contributed by atoms with van der Waals surface area (Å²) in [6.07, 6.45) is 0.780. The van der Waals surface area contributed by atoms with Crippen molar-refractivity contribution in [3.05, 3.63) is 35.9 Å². The lowest BCUT2D eigenvalue weighted by atomic mass is 9.87. The molecule has 0 spiro atoms. The highest BCUT2D eigenvalue weighted by Crippen LogP contribution is 2.27. The van der Waals surface area contributed by atoms with Crippen molar-refractivity contribution < 1.29 is 9.53 Å². The minimum absolute atomic E-state index is 0.125. The molecule has 0 atom stereocenters. The number of hydrogen-bond donors (Lipinski definition) is 1. The molecule has 0 aliphatic carbocycles. The number of carbonyl (C=O) groups is 1. The van der Waals surface area contributed by atoms with E-state index in [1.54, 1.807) is 0 Å². The van der Waals surface area contributed by atoms with Crippen molar-refractivity contribution in [3.63, 3.8) is 0 Å². The quantitative estimate of drug-likeness (QED) is 0.832. The molecule has 0 saturated carbocycles. The lowest BCUT2D eigenvalue weighted by Gasteiger charge is -2.43. The molecular weight excluding hydrogens is 226 g/mol. The minimum Gasteiger partial charge on any atom is -0.456 e. The molecule has 18 heavy (non-hydrogen) atoms. The zero-order chi connectivity index (χ0) is 13.2. The standard InChI is InChI=1S/C15H21NO2/c1-14(2,3)13(17)18-15(10-16-11-15)9-12-7-5-4-6-8-12/h4-8,16H,9-11H2,1-3H3. The van der Waals surface area contributed by atoms with E-state index in [9.17, 15) is 4.79 Å². The second-order valence-electron chi connectivity index (χ2n) is 6.09. The van der Waals surface area contributed by atoms with Gasteiger partial charge in [0.1, 0.15) is 5.60 Å². The van der Waals surface area contributed by atoms with E-state index >= 15 is 0 Å². The zero-order valence-corrected chi connectivity index (χ0v) is 11.3. The van der Waals surface area contributed by atoms with Gasteiger partial charge in [-0.05, 0) is 26.3 Å². The normalized spacial score (nSPS) is 17.9. The third-order valence-corrected chi connectivity index (χ3v) is 3.19. The molecule has 1 fully saturated rings. The van der Waals surface area contributed by atoms with Gasteiger partial charge in [-0.2, -0.15) is 0 Å². The van der Waals surface area contributed by atoms with E-state index in [1.165, 1.54) is 5.56 Å². The molecule has 1 saturated heterocycles. The summed E-state index contributed by atoms with van der Waals surface area (Å²) in [5.41, 5.74) is 0.408. The molecule has 1 aromatic rings. The monoisotopic (exact) mass is 247 g/mol. The molecule has 1 N–H and O–H groups in total. The number of carbonyl (C=O) groups excluding carboxylic acids is 1. The van der Waals surface area contributed by atoms with Gasteiger partial charge in [0.2, 0.25) is 0 Å². The molecule has 0 unspecified atom stereocenters. The molecule has 1 aliphatic heterocycles. The van der Waals surface area contributed by atoms with Crippen LogP contribution in [0.15, 0.2) is 30.3 Å². The van der Waals surface area contributed by atoms with Crippen molar-refractivity contribution in [2.75, 3.05) is 13.1 Å². The molecule has 1 aromatic carbocycles. The molecule has 2 rings (SSSR count). The van der Waals surface area contributed by atoms with Crippen LogP contribution in [-0.4, -0.2) is 24.7 Å². The lowest BCUT2D eigenvalue weighted by molar-refractivity contribution is -0.175. The van der Waals surface area contributed by atoms with Gasteiger partial charge in [-0.1, -0.05) is 30.3 Å². The van der Waals surface area contributed by atoms with Crippen molar-refractivity contribution in [1.82, 2.24) is 5.32 Å². The summed E-state index contributed by atoms with van der Waals surface area (Å²) in [6, 6.07) is 10.2. The molecule has 1 heterocycles. The van der Waals surface area contributed by atoms with E-state index in [-0.39, 0.29) is 11.6 Å². The molecule has 3 heteroatoms. The Morgan fingerprint density at radius 1 is 1.28 bits per heavy atom. The fraction of sp³-hybridized carbons (Fsp3) is 0.533. The fourth-order valence-electron chi connectivity index (χ4n) is 1.95. The van der Waals surface area contributed by atoms with Crippen LogP contribution in [0.1, 0.15) is 26.3 Å². The van der Waals surface area contributed by atoms with Crippen LogP contribution in [-0.2, 0) is 16.0 Å². The molecule has 0 amide bonds. The third-order valence-electron chi connectivity index (χ3n) is 3.19. The van der Waals surface area contributed by atoms with Crippen LogP contribution in [0.25, 0.3) is 0 Å². The van der Waals surface area contributed by atoms with Crippen LogP contribution in [0, 0.1) is 5.41 Å². The smallest absolute Gasteiger partial charge is 0.311 e. The summed E-state index contributed by atoms with van der Waals surface area (Å²) in [7, 11) is 0. The predicted molar refractivity (Wildman–Crippen MR) is 71.3 cm³/mol. The Kier molecular flexibility index (Phi) is 3.44. The molecule has 0 radical (unpaired) electrons. The summed E-state index contributed by atoms with van der Waals surface area (Å²) < 4.78 is 5.74. The molecule has 0 aromatic heterocycles. The highest BCUT2D eigenvalue weighted by Gasteiger charge is 2.42. The van der Waals surface area contributed by atoms with Gasteiger partial charge < -0.3 is 10.1 Å². The summed E-state index contributed by atoms with van der Waals surface area (Å²) in [6.45, 7) is 7.14. The maximum Gasteiger partial charge on any atom is 0.311 e. The first kappa shape index (κ1) is 13.1. The predicted octanol–water partition coefficient (Wildman–Crippen LogP) is 2.16. The van der Waals surface area contributed by atoms with Gasteiger partial charge in [0.15, 0.2) is 0 Å². The van der Waals surface area contributed by atoms with Crippen LogP contribution in [0.2, 0.25) is 0 Å². The molecule has 0 bridgehead atoms. The van der Waals surface area contributed by atoms with Crippen LogP contribution >= 0.6 is 0 Å². The van der Waals surface area contributed by atoms with Gasteiger partial charge in [0.05, 0.1) is 5.41 Å². The van der Waals surface area contributed by atoms with Gasteiger partial charge in [-0.15, -0.1) is 0 Å². The number of benzene rings is 1. The second-order valence-corrected chi connectivity index (χ2v) is 6.09. The molecule has 3 nitrogen and oxygen atoms in total. The highest BCUT2D eigenvalue weighted by molar-refractivity contribution is 5.76. The van der Waals surface area contributed by atoms with E-state index in [1.807, 2.05) is 39.0 Å². The van der Waals surface area contributed by atoms with E-state index < -0.39 is 5.41 Å². The van der Waals surface area contributed by atoms with Crippen molar-refractivity contribution in [2.45, 2.75) is 32.8 Å². The number of ether oxygens (including phenoxy) is 1. The Morgan fingerprint density at radius 2 is 1.89 bits per heavy atom.